The highest BCUT2D eigenvalue weighted by Gasteiger charge is 2.18. The number of pyridine rings is 1. The van der Waals surface area contributed by atoms with Gasteiger partial charge in [-0.2, -0.15) is 0 Å². The molecular weight excluding hydrogens is 404 g/mol. The highest BCUT2D eigenvalue weighted by molar-refractivity contribution is 6.03. The minimum Gasteiger partial charge on any atom is -0.489 e. The highest BCUT2D eigenvalue weighted by atomic mass is 16.5. The van der Waals surface area contributed by atoms with Gasteiger partial charge in [0.2, 0.25) is 11.7 Å². The molecule has 0 aliphatic carbocycles. The molecule has 2 aromatic carbocycles. The molecule has 1 heterocycles. The van der Waals surface area contributed by atoms with Crippen molar-refractivity contribution in [1.29, 1.82) is 0 Å². The molecule has 0 saturated carbocycles. The van der Waals surface area contributed by atoms with Crippen LogP contribution in [0.2, 0.25) is 0 Å². The van der Waals surface area contributed by atoms with Gasteiger partial charge in [-0.05, 0) is 36.3 Å². The first-order valence-corrected chi connectivity index (χ1v) is 10.6. The second-order valence-electron chi connectivity index (χ2n) is 7.29. The standard InChI is InChI=1S/C26H28N2O4/c1-4-6-17-32-24-21-14-13-20(27-23(29)15-12-19-10-8-7-9-11-19)18-22(21)28(3)26(30)25(24)31-16-5-2/h5,7-15,18H,2,4,6,16-17H2,1,3H3,(H,27,29)/b15-12+. The summed E-state index contributed by atoms with van der Waals surface area (Å²) in [6.07, 6.45) is 6.64. The normalized spacial score (nSPS) is 10.9. The van der Waals surface area contributed by atoms with Crippen LogP contribution in [0.15, 0.2) is 72.1 Å². The third-order valence-electron chi connectivity index (χ3n) is 4.89. The molecule has 0 radical (unpaired) electrons. The summed E-state index contributed by atoms with van der Waals surface area (Å²) in [7, 11) is 1.67. The van der Waals surface area contributed by atoms with Crippen molar-refractivity contribution in [2.24, 2.45) is 7.05 Å². The second-order valence-corrected chi connectivity index (χ2v) is 7.29. The number of nitrogens with one attached hydrogen (secondary N) is 1. The summed E-state index contributed by atoms with van der Waals surface area (Å²) in [4.78, 5) is 25.3. The molecule has 6 heteroatoms. The monoisotopic (exact) mass is 432 g/mol. The van der Waals surface area contributed by atoms with Crippen molar-refractivity contribution >= 4 is 28.6 Å². The molecule has 1 N–H and O–H groups in total. The van der Waals surface area contributed by atoms with Gasteiger partial charge in [0.15, 0.2) is 5.75 Å². The molecule has 0 spiro atoms. The number of fused-ring (bicyclic) bond motifs is 1. The topological polar surface area (TPSA) is 69.6 Å². The Balaban J connectivity index is 1.93. The van der Waals surface area contributed by atoms with E-state index < -0.39 is 0 Å². The van der Waals surface area contributed by atoms with Crippen LogP contribution in [0.1, 0.15) is 25.3 Å². The van der Waals surface area contributed by atoms with E-state index >= 15 is 0 Å². The first-order chi connectivity index (χ1) is 15.5. The average molecular weight is 433 g/mol. The van der Waals surface area contributed by atoms with Crippen LogP contribution in [0.4, 0.5) is 5.69 Å². The number of aromatic nitrogens is 1. The molecule has 0 aliphatic heterocycles. The van der Waals surface area contributed by atoms with Crippen molar-refractivity contribution in [2.75, 3.05) is 18.5 Å². The zero-order valence-electron chi connectivity index (χ0n) is 18.5. The van der Waals surface area contributed by atoms with E-state index in [9.17, 15) is 9.59 Å². The molecule has 1 amide bonds. The van der Waals surface area contributed by atoms with Gasteiger partial charge in [0.1, 0.15) is 6.61 Å². The van der Waals surface area contributed by atoms with E-state index in [4.69, 9.17) is 9.47 Å². The molecule has 0 fully saturated rings. The van der Waals surface area contributed by atoms with E-state index in [1.54, 1.807) is 31.3 Å². The Kier molecular flexibility index (Phi) is 7.86. The minimum absolute atomic E-state index is 0.165. The summed E-state index contributed by atoms with van der Waals surface area (Å²) in [6.45, 7) is 6.40. The van der Waals surface area contributed by atoms with E-state index in [0.717, 1.165) is 23.8 Å². The predicted octanol–water partition coefficient (Wildman–Crippen LogP) is 4.93. The number of nitrogens with zero attached hydrogens (tertiary/aromatic N) is 1. The minimum atomic E-state index is -0.307. The van der Waals surface area contributed by atoms with Gasteiger partial charge in [-0.1, -0.05) is 56.3 Å². The molecule has 0 aliphatic rings. The molecule has 0 saturated heterocycles. The molecule has 0 unspecified atom stereocenters. The Labute approximate surface area is 187 Å². The van der Waals surface area contributed by atoms with Gasteiger partial charge < -0.3 is 19.4 Å². The lowest BCUT2D eigenvalue weighted by atomic mass is 10.1. The molecule has 1 aromatic heterocycles. The number of benzene rings is 2. The molecule has 6 nitrogen and oxygen atoms in total. The molecule has 3 aromatic rings. The smallest absolute Gasteiger partial charge is 0.297 e. The zero-order chi connectivity index (χ0) is 22.9. The number of hydrogen-bond donors (Lipinski definition) is 1. The van der Waals surface area contributed by atoms with Crippen LogP contribution in [-0.4, -0.2) is 23.7 Å². The number of amides is 1. The maximum atomic E-state index is 13.0. The van der Waals surface area contributed by atoms with Crippen molar-refractivity contribution < 1.29 is 14.3 Å². The molecule has 166 valence electrons. The fraction of sp³-hybridized carbons (Fsp3) is 0.231. The number of carbonyl (C=O) groups excluding carboxylic acids is 1. The van der Waals surface area contributed by atoms with Crippen molar-refractivity contribution in [2.45, 2.75) is 19.8 Å². The van der Waals surface area contributed by atoms with Crippen molar-refractivity contribution in [3.63, 3.8) is 0 Å². The Morgan fingerprint density at radius 3 is 2.62 bits per heavy atom. The Bertz CT molecular complexity index is 1180. The van der Waals surface area contributed by atoms with Gasteiger partial charge in [-0.15, -0.1) is 0 Å². The SMILES string of the molecule is C=CCOc1c(OCCCC)c2ccc(NC(=O)/C=C/c3ccccc3)cc2n(C)c1=O. The molecule has 3 rings (SSSR count). The van der Waals surface area contributed by atoms with Gasteiger partial charge in [0, 0.05) is 24.2 Å². The number of anilines is 1. The van der Waals surface area contributed by atoms with Gasteiger partial charge >= 0.3 is 0 Å². The van der Waals surface area contributed by atoms with Crippen LogP contribution in [-0.2, 0) is 11.8 Å². The summed E-state index contributed by atoms with van der Waals surface area (Å²) < 4.78 is 13.1. The predicted molar refractivity (Wildman–Crippen MR) is 129 cm³/mol. The molecule has 0 atom stereocenters. The Morgan fingerprint density at radius 2 is 1.91 bits per heavy atom. The van der Waals surface area contributed by atoms with Gasteiger partial charge in [0.25, 0.3) is 5.56 Å². The van der Waals surface area contributed by atoms with E-state index in [2.05, 4.69) is 18.8 Å². The third-order valence-corrected chi connectivity index (χ3v) is 4.89. The van der Waals surface area contributed by atoms with E-state index in [0.29, 0.717) is 23.6 Å². The fourth-order valence-corrected chi connectivity index (χ4v) is 3.21. The number of rotatable bonds is 10. The van der Waals surface area contributed by atoms with Crippen LogP contribution in [0.3, 0.4) is 0 Å². The summed E-state index contributed by atoms with van der Waals surface area (Å²) in [6, 6.07) is 14.9. The number of carbonyl (C=O) groups is 1. The largest absolute Gasteiger partial charge is 0.489 e. The summed E-state index contributed by atoms with van der Waals surface area (Å²) in [5.41, 5.74) is 1.84. The quantitative estimate of drug-likeness (QED) is 0.280. The Hall–Kier alpha value is -3.80. The first-order valence-electron chi connectivity index (χ1n) is 10.6. The van der Waals surface area contributed by atoms with E-state index in [1.807, 2.05) is 36.4 Å². The third kappa shape index (κ3) is 5.46. The van der Waals surface area contributed by atoms with E-state index in [1.165, 1.54) is 10.6 Å². The van der Waals surface area contributed by atoms with Gasteiger partial charge in [-0.25, -0.2) is 0 Å². The summed E-state index contributed by atoms with van der Waals surface area (Å²) in [5.74, 6) is 0.322. The van der Waals surface area contributed by atoms with Crippen LogP contribution in [0.5, 0.6) is 11.5 Å². The summed E-state index contributed by atoms with van der Waals surface area (Å²) in [5, 5.41) is 3.58. The lowest BCUT2D eigenvalue weighted by molar-refractivity contribution is -0.111. The molecule has 32 heavy (non-hydrogen) atoms. The number of hydrogen-bond acceptors (Lipinski definition) is 4. The molecule has 0 bridgehead atoms. The number of aryl methyl sites for hydroxylation is 1. The lowest BCUT2D eigenvalue weighted by Gasteiger charge is -2.17. The average Bonchev–Trinajstić information content (AvgIpc) is 2.81. The highest BCUT2D eigenvalue weighted by Crippen LogP contribution is 2.34. The van der Waals surface area contributed by atoms with Crippen molar-refractivity contribution in [3.05, 3.63) is 83.2 Å². The second kappa shape index (κ2) is 11.0. The van der Waals surface area contributed by atoms with Gasteiger partial charge in [-0.3, -0.25) is 9.59 Å². The lowest BCUT2D eigenvalue weighted by Crippen LogP contribution is -2.21. The maximum absolute atomic E-state index is 13.0. The molecular formula is C26H28N2O4. The number of unbranched alkanes of at least 4 members (excludes halogenated alkanes) is 1. The van der Waals surface area contributed by atoms with E-state index in [-0.39, 0.29) is 23.8 Å². The van der Waals surface area contributed by atoms with Crippen LogP contribution in [0, 0.1) is 0 Å². The van der Waals surface area contributed by atoms with Crippen molar-refractivity contribution in [1.82, 2.24) is 4.57 Å². The van der Waals surface area contributed by atoms with Crippen LogP contribution < -0.4 is 20.3 Å². The zero-order valence-corrected chi connectivity index (χ0v) is 18.5. The maximum Gasteiger partial charge on any atom is 0.297 e. The first kappa shape index (κ1) is 22.9. The van der Waals surface area contributed by atoms with Gasteiger partial charge in [0.05, 0.1) is 12.1 Å². The van der Waals surface area contributed by atoms with Crippen LogP contribution >= 0.6 is 0 Å². The Morgan fingerprint density at radius 1 is 1.12 bits per heavy atom. The van der Waals surface area contributed by atoms with Crippen LogP contribution in [0.25, 0.3) is 17.0 Å². The summed E-state index contributed by atoms with van der Waals surface area (Å²) >= 11 is 0. The fourth-order valence-electron chi connectivity index (χ4n) is 3.21. The van der Waals surface area contributed by atoms with Crippen molar-refractivity contribution in [3.8, 4) is 11.5 Å². The number of ether oxygens (including phenoxy) is 2.